The molecular formula is C29H36N2O. The minimum absolute atomic E-state index is 0.396. The van der Waals surface area contributed by atoms with E-state index in [0.717, 1.165) is 19.6 Å². The molecule has 1 aliphatic rings. The molecule has 0 radical (unpaired) electrons. The Balaban J connectivity index is 1.37. The first-order chi connectivity index (χ1) is 15.7. The van der Waals surface area contributed by atoms with Crippen molar-refractivity contribution in [3.05, 3.63) is 107 Å². The van der Waals surface area contributed by atoms with Gasteiger partial charge in [0.25, 0.3) is 0 Å². The summed E-state index contributed by atoms with van der Waals surface area (Å²) in [5.74, 6) is 0. The van der Waals surface area contributed by atoms with Crippen LogP contribution in [-0.4, -0.2) is 40.6 Å². The standard InChI is InChI=1S/C29H36N2O/c32-29(20-27-15-10-16-28(19-27)23-30-17-8-3-9-18-30)24-31(21-25-11-4-1-5-12-25)22-26-13-6-2-7-14-26/h1-2,4-7,10-16,19,29,32H,3,8-9,17-18,20-24H2. The van der Waals surface area contributed by atoms with Gasteiger partial charge in [0, 0.05) is 26.2 Å². The van der Waals surface area contributed by atoms with Crippen molar-refractivity contribution in [2.45, 2.75) is 51.4 Å². The van der Waals surface area contributed by atoms with Crippen molar-refractivity contribution in [3.8, 4) is 0 Å². The number of nitrogens with zero attached hydrogens (tertiary/aromatic N) is 2. The van der Waals surface area contributed by atoms with Gasteiger partial charge in [-0.25, -0.2) is 0 Å². The number of hydrogen-bond acceptors (Lipinski definition) is 3. The number of likely N-dealkylation sites (tertiary alicyclic amines) is 1. The van der Waals surface area contributed by atoms with E-state index in [4.69, 9.17) is 0 Å². The molecule has 0 spiro atoms. The van der Waals surface area contributed by atoms with Crippen LogP contribution in [0.2, 0.25) is 0 Å². The normalized spacial score (nSPS) is 15.7. The van der Waals surface area contributed by atoms with Crippen LogP contribution in [0, 0.1) is 0 Å². The predicted octanol–water partition coefficient (Wildman–Crippen LogP) is 5.28. The summed E-state index contributed by atoms with van der Waals surface area (Å²) in [6.45, 7) is 5.77. The summed E-state index contributed by atoms with van der Waals surface area (Å²) in [5.41, 5.74) is 5.15. The molecule has 1 unspecified atom stereocenters. The highest BCUT2D eigenvalue weighted by atomic mass is 16.3. The maximum Gasteiger partial charge on any atom is 0.0707 e. The van der Waals surface area contributed by atoms with Crippen LogP contribution >= 0.6 is 0 Å². The van der Waals surface area contributed by atoms with Gasteiger partial charge in [0.15, 0.2) is 0 Å². The third-order valence-electron chi connectivity index (χ3n) is 6.28. The summed E-state index contributed by atoms with van der Waals surface area (Å²) in [6.07, 6.45) is 4.29. The van der Waals surface area contributed by atoms with Crippen molar-refractivity contribution >= 4 is 0 Å². The molecule has 3 nitrogen and oxygen atoms in total. The van der Waals surface area contributed by atoms with Crippen LogP contribution in [0.5, 0.6) is 0 Å². The molecule has 1 atom stereocenters. The maximum atomic E-state index is 11.0. The number of hydrogen-bond donors (Lipinski definition) is 1. The van der Waals surface area contributed by atoms with Gasteiger partial charge in [-0.05, 0) is 54.6 Å². The van der Waals surface area contributed by atoms with Crippen molar-refractivity contribution in [3.63, 3.8) is 0 Å². The molecule has 3 aromatic rings. The van der Waals surface area contributed by atoms with Crippen molar-refractivity contribution in [2.24, 2.45) is 0 Å². The largest absolute Gasteiger partial charge is 0.391 e. The van der Waals surface area contributed by atoms with E-state index in [1.165, 1.54) is 54.6 Å². The van der Waals surface area contributed by atoms with E-state index < -0.39 is 6.10 Å². The molecule has 3 aromatic carbocycles. The van der Waals surface area contributed by atoms with E-state index in [0.29, 0.717) is 13.0 Å². The quantitative estimate of drug-likeness (QED) is 0.476. The second kappa shape index (κ2) is 12.0. The summed E-state index contributed by atoms with van der Waals surface area (Å²) in [6, 6.07) is 29.9. The van der Waals surface area contributed by atoms with Gasteiger partial charge in [-0.2, -0.15) is 0 Å². The minimum Gasteiger partial charge on any atom is -0.391 e. The molecule has 0 aromatic heterocycles. The van der Waals surface area contributed by atoms with Crippen molar-refractivity contribution in [1.29, 1.82) is 0 Å². The van der Waals surface area contributed by atoms with Gasteiger partial charge in [0.2, 0.25) is 0 Å². The third kappa shape index (κ3) is 7.30. The van der Waals surface area contributed by atoms with Gasteiger partial charge < -0.3 is 5.11 Å². The molecule has 4 rings (SSSR count). The fourth-order valence-electron chi connectivity index (χ4n) is 4.73. The zero-order valence-electron chi connectivity index (χ0n) is 19.1. The smallest absolute Gasteiger partial charge is 0.0707 e. The van der Waals surface area contributed by atoms with E-state index in [1.807, 2.05) is 0 Å². The summed E-state index contributed by atoms with van der Waals surface area (Å²) in [7, 11) is 0. The lowest BCUT2D eigenvalue weighted by atomic mass is 10.0. The van der Waals surface area contributed by atoms with Gasteiger partial charge in [-0.15, -0.1) is 0 Å². The van der Waals surface area contributed by atoms with E-state index >= 15 is 0 Å². The molecule has 0 saturated carbocycles. The average molecular weight is 429 g/mol. The highest BCUT2D eigenvalue weighted by Gasteiger charge is 2.15. The van der Waals surface area contributed by atoms with E-state index in [1.54, 1.807) is 0 Å². The first-order valence-electron chi connectivity index (χ1n) is 12.0. The minimum atomic E-state index is -0.396. The molecule has 1 saturated heterocycles. The van der Waals surface area contributed by atoms with E-state index in [-0.39, 0.29) is 0 Å². The Kier molecular flexibility index (Phi) is 8.49. The molecule has 0 amide bonds. The van der Waals surface area contributed by atoms with Crippen LogP contribution in [-0.2, 0) is 26.1 Å². The Bertz CT molecular complexity index is 881. The SMILES string of the molecule is OC(Cc1cccc(CN2CCCCC2)c1)CN(Cc1ccccc1)Cc1ccccc1. The Morgan fingerprint density at radius 2 is 1.25 bits per heavy atom. The zero-order chi connectivity index (χ0) is 22.0. The van der Waals surface area contributed by atoms with Gasteiger partial charge >= 0.3 is 0 Å². The van der Waals surface area contributed by atoms with Crippen molar-refractivity contribution in [2.75, 3.05) is 19.6 Å². The van der Waals surface area contributed by atoms with Crippen LogP contribution in [0.3, 0.4) is 0 Å². The van der Waals surface area contributed by atoms with Crippen LogP contribution in [0.15, 0.2) is 84.9 Å². The van der Waals surface area contributed by atoms with Gasteiger partial charge in [-0.3, -0.25) is 9.80 Å². The maximum absolute atomic E-state index is 11.0. The fraction of sp³-hybridized carbons (Fsp3) is 0.379. The van der Waals surface area contributed by atoms with Crippen LogP contribution in [0.25, 0.3) is 0 Å². The molecule has 1 fully saturated rings. The van der Waals surface area contributed by atoms with Crippen LogP contribution in [0.4, 0.5) is 0 Å². The molecule has 1 aliphatic heterocycles. The van der Waals surface area contributed by atoms with Gasteiger partial charge in [-0.1, -0.05) is 91.3 Å². The Hall–Kier alpha value is -2.46. The second-order valence-corrected chi connectivity index (χ2v) is 9.16. The van der Waals surface area contributed by atoms with Crippen molar-refractivity contribution in [1.82, 2.24) is 9.80 Å². The lowest BCUT2D eigenvalue weighted by molar-refractivity contribution is 0.104. The molecular weight excluding hydrogens is 392 g/mol. The molecule has 0 aliphatic carbocycles. The molecule has 32 heavy (non-hydrogen) atoms. The zero-order valence-corrected chi connectivity index (χ0v) is 19.1. The molecule has 1 N–H and O–H groups in total. The molecule has 0 bridgehead atoms. The van der Waals surface area contributed by atoms with Gasteiger partial charge in [0.1, 0.15) is 0 Å². The Morgan fingerprint density at radius 3 is 1.88 bits per heavy atom. The molecule has 3 heteroatoms. The molecule has 168 valence electrons. The Labute approximate surface area is 193 Å². The Morgan fingerprint density at radius 1 is 0.688 bits per heavy atom. The van der Waals surface area contributed by atoms with Gasteiger partial charge in [0.05, 0.1) is 6.10 Å². The number of aliphatic hydroxyl groups excluding tert-OH is 1. The van der Waals surface area contributed by atoms with E-state index in [2.05, 4.69) is 94.7 Å². The second-order valence-electron chi connectivity index (χ2n) is 9.16. The first-order valence-corrected chi connectivity index (χ1v) is 12.0. The molecule has 1 heterocycles. The van der Waals surface area contributed by atoms with E-state index in [9.17, 15) is 5.11 Å². The summed E-state index contributed by atoms with van der Waals surface area (Å²) in [4.78, 5) is 4.91. The summed E-state index contributed by atoms with van der Waals surface area (Å²) < 4.78 is 0. The number of piperidine rings is 1. The topological polar surface area (TPSA) is 26.7 Å². The van der Waals surface area contributed by atoms with Crippen LogP contribution in [0.1, 0.15) is 41.5 Å². The monoisotopic (exact) mass is 428 g/mol. The summed E-state index contributed by atoms with van der Waals surface area (Å²) >= 11 is 0. The predicted molar refractivity (Wildman–Crippen MR) is 132 cm³/mol. The highest BCUT2D eigenvalue weighted by molar-refractivity contribution is 5.24. The number of aliphatic hydroxyl groups is 1. The lowest BCUT2D eigenvalue weighted by Crippen LogP contribution is -2.33. The average Bonchev–Trinajstić information content (AvgIpc) is 2.81. The fourth-order valence-corrected chi connectivity index (χ4v) is 4.73. The number of benzene rings is 3. The number of rotatable bonds is 10. The van der Waals surface area contributed by atoms with Crippen molar-refractivity contribution < 1.29 is 5.11 Å². The summed E-state index contributed by atoms with van der Waals surface area (Å²) in [5, 5.41) is 11.0. The lowest BCUT2D eigenvalue weighted by Gasteiger charge is -2.27. The third-order valence-corrected chi connectivity index (χ3v) is 6.28. The first kappa shape index (κ1) is 22.7. The highest BCUT2D eigenvalue weighted by Crippen LogP contribution is 2.16. The van der Waals surface area contributed by atoms with Crippen LogP contribution < -0.4 is 0 Å².